The summed E-state index contributed by atoms with van der Waals surface area (Å²) in [6.07, 6.45) is 3.93. The molecule has 3 rings (SSSR count). The van der Waals surface area contributed by atoms with Crippen molar-refractivity contribution in [1.82, 2.24) is 15.0 Å². The second kappa shape index (κ2) is 9.45. The van der Waals surface area contributed by atoms with Crippen molar-refractivity contribution in [3.63, 3.8) is 0 Å². The van der Waals surface area contributed by atoms with Gasteiger partial charge in [0, 0.05) is 62.5 Å². The third-order valence-corrected chi connectivity index (χ3v) is 5.09. The molecule has 0 aliphatic carbocycles. The summed E-state index contributed by atoms with van der Waals surface area (Å²) < 4.78 is 5.71. The van der Waals surface area contributed by atoms with E-state index in [1.807, 2.05) is 50.2 Å². The van der Waals surface area contributed by atoms with Crippen LogP contribution in [0.25, 0.3) is 0 Å². The number of anilines is 2. The maximum Gasteiger partial charge on any atom is 0.255 e. The van der Waals surface area contributed by atoms with Gasteiger partial charge in [-0.25, -0.2) is 4.98 Å². The van der Waals surface area contributed by atoms with Crippen LogP contribution in [0.5, 0.6) is 0 Å². The number of rotatable bonds is 9. The van der Waals surface area contributed by atoms with Crippen molar-refractivity contribution in [3.8, 4) is 0 Å². The largest absolute Gasteiger partial charge is 0.445 e. The standard InChI is InChI=1S/C20H25N5O2S/c1-14-4-5-15(11-22-14)10-16-12-23-20(24-19(16)26)21-8-9-28-13-17-6-7-18(27-17)25(2)3/h4-7,11-12H,8-10,13H2,1-3H3,(H2,21,23,24,26). The number of aromatic amines is 1. The number of nitrogens with zero attached hydrogens (tertiary/aromatic N) is 3. The molecule has 0 radical (unpaired) electrons. The van der Waals surface area contributed by atoms with Crippen LogP contribution in [-0.2, 0) is 12.2 Å². The lowest BCUT2D eigenvalue weighted by Gasteiger charge is -2.07. The van der Waals surface area contributed by atoms with Crippen LogP contribution < -0.4 is 15.8 Å². The highest BCUT2D eigenvalue weighted by molar-refractivity contribution is 7.98. The first-order valence-electron chi connectivity index (χ1n) is 9.08. The topological polar surface area (TPSA) is 87.0 Å². The van der Waals surface area contributed by atoms with Gasteiger partial charge in [0.05, 0.1) is 5.75 Å². The molecule has 3 aromatic rings. The first kappa shape index (κ1) is 20.0. The van der Waals surface area contributed by atoms with Gasteiger partial charge in [-0.05, 0) is 24.6 Å². The Bertz CT molecular complexity index is 950. The van der Waals surface area contributed by atoms with E-state index in [0.29, 0.717) is 24.5 Å². The Labute approximate surface area is 168 Å². The van der Waals surface area contributed by atoms with Gasteiger partial charge in [0.2, 0.25) is 5.95 Å². The molecule has 28 heavy (non-hydrogen) atoms. The quantitative estimate of drug-likeness (QED) is 0.535. The highest BCUT2D eigenvalue weighted by Crippen LogP contribution is 2.20. The minimum Gasteiger partial charge on any atom is -0.445 e. The van der Waals surface area contributed by atoms with Crippen molar-refractivity contribution in [2.24, 2.45) is 0 Å². The number of thioether (sulfide) groups is 1. The Balaban J connectivity index is 1.44. The minimum absolute atomic E-state index is 0.127. The van der Waals surface area contributed by atoms with Crippen LogP contribution in [0.15, 0.2) is 45.9 Å². The molecular weight excluding hydrogens is 374 g/mol. The van der Waals surface area contributed by atoms with Gasteiger partial charge < -0.3 is 14.6 Å². The predicted octanol–water partition coefficient (Wildman–Crippen LogP) is 3.07. The molecule has 0 spiro atoms. The third kappa shape index (κ3) is 5.63. The van der Waals surface area contributed by atoms with E-state index in [4.69, 9.17) is 4.42 Å². The number of nitrogens with one attached hydrogen (secondary N) is 2. The van der Waals surface area contributed by atoms with Gasteiger partial charge in [-0.15, -0.1) is 0 Å². The summed E-state index contributed by atoms with van der Waals surface area (Å²) in [6.45, 7) is 2.64. The zero-order valence-corrected chi connectivity index (χ0v) is 17.2. The maximum absolute atomic E-state index is 12.3. The van der Waals surface area contributed by atoms with Crippen LogP contribution in [0.3, 0.4) is 0 Å². The highest BCUT2D eigenvalue weighted by atomic mass is 32.2. The van der Waals surface area contributed by atoms with Gasteiger partial charge in [0.1, 0.15) is 5.76 Å². The van der Waals surface area contributed by atoms with Crippen molar-refractivity contribution in [3.05, 3.63) is 69.6 Å². The van der Waals surface area contributed by atoms with Crippen molar-refractivity contribution >= 4 is 23.6 Å². The Morgan fingerprint density at radius 3 is 2.71 bits per heavy atom. The summed E-state index contributed by atoms with van der Waals surface area (Å²) in [5.74, 6) is 3.98. The van der Waals surface area contributed by atoms with E-state index in [1.54, 1.807) is 24.2 Å². The average Bonchev–Trinajstić information content (AvgIpc) is 3.14. The molecule has 0 amide bonds. The first-order valence-corrected chi connectivity index (χ1v) is 10.2. The Hall–Kier alpha value is -2.74. The van der Waals surface area contributed by atoms with Crippen LogP contribution in [0, 0.1) is 6.92 Å². The molecule has 0 fully saturated rings. The van der Waals surface area contributed by atoms with Gasteiger partial charge in [-0.1, -0.05) is 6.07 Å². The van der Waals surface area contributed by atoms with Crippen LogP contribution in [0.4, 0.5) is 11.8 Å². The third-order valence-electron chi connectivity index (χ3n) is 4.11. The number of aromatic nitrogens is 3. The molecule has 0 saturated carbocycles. The van der Waals surface area contributed by atoms with E-state index in [9.17, 15) is 4.79 Å². The highest BCUT2D eigenvalue weighted by Gasteiger charge is 2.06. The van der Waals surface area contributed by atoms with Crippen molar-refractivity contribution in [2.45, 2.75) is 19.1 Å². The zero-order chi connectivity index (χ0) is 19.9. The smallest absolute Gasteiger partial charge is 0.255 e. The summed E-state index contributed by atoms with van der Waals surface area (Å²) in [6, 6.07) is 7.88. The molecule has 0 aliphatic rings. The Kier molecular flexibility index (Phi) is 6.76. The number of hydrogen-bond donors (Lipinski definition) is 2. The molecule has 7 nitrogen and oxygen atoms in total. The molecule has 0 bridgehead atoms. The monoisotopic (exact) mass is 399 g/mol. The first-order chi connectivity index (χ1) is 13.5. The summed E-state index contributed by atoms with van der Waals surface area (Å²) >= 11 is 1.76. The summed E-state index contributed by atoms with van der Waals surface area (Å²) in [7, 11) is 3.91. The maximum atomic E-state index is 12.3. The fourth-order valence-corrected chi connectivity index (χ4v) is 3.31. The van der Waals surface area contributed by atoms with E-state index < -0.39 is 0 Å². The lowest BCUT2D eigenvalue weighted by Crippen LogP contribution is -2.18. The zero-order valence-electron chi connectivity index (χ0n) is 16.4. The molecule has 0 aromatic carbocycles. The number of furan rings is 1. The van der Waals surface area contributed by atoms with Crippen molar-refractivity contribution in [2.75, 3.05) is 36.6 Å². The van der Waals surface area contributed by atoms with Crippen LogP contribution in [-0.4, -0.2) is 41.3 Å². The van der Waals surface area contributed by atoms with E-state index >= 15 is 0 Å². The van der Waals surface area contributed by atoms with Crippen LogP contribution in [0.2, 0.25) is 0 Å². The summed E-state index contributed by atoms with van der Waals surface area (Å²) in [5.41, 5.74) is 2.45. The second-order valence-corrected chi connectivity index (χ2v) is 7.79. The normalized spacial score (nSPS) is 10.8. The van der Waals surface area contributed by atoms with Crippen molar-refractivity contribution in [1.29, 1.82) is 0 Å². The number of hydrogen-bond acceptors (Lipinski definition) is 7. The van der Waals surface area contributed by atoms with Crippen LogP contribution >= 0.6 is 11.8 Å². The number of pyridine rings is 1. The van der Waals surface area contributed by atoms with Gasteiger partial charge in [0.25, 0.3) is 5.56 Å². The number of H-pyrrole nitrogens is 1. The average molecular weight is 400 g/mol. The SMILES string of the molecule is Cc1ccc(Cc2cnc(NCCSCc3ccc(N(C)C)o3)[nH]c2=O)cn1. The molecule has 8 heteroatoms. The predicted molar refractivity (Wildman–Crippen MR) is 114 cm³/mol. The Morgan fingerprint density at radius 1 is 1.18 bits per heavy atom. The van der Waals surface area contributed by atoms with E-state index in [-0.39, 0.29) is 5.56 Å². The molecule has 2 N–H and O–H groups in total. The van der Waals surface area contributed by atoms with Gasteiger partial charge >= 0.3 is 0 Å². The van der Waals surface area contributed by atoms with Gasteiger partial charge in [-0.2, -0.15) is 11.8 Å². The van der Waals surface area contributed by atoms with E-state index in [1.165, 1.54) is 0 Å². The molecule has 0 aliphatic heterocycles. The van der Waals surface area contributed by atoms with Crippen molar-refractivity contribution < 1.29 is 4.42 Å². The van der Waals surface area contributed by atoms with Crippen LogP contribution in [0.1, 0.15) is 22.6 Å². The lowest BCUT2D eigenvalue weighted by atomic mass is 10.1. The second-order valence-electron chi connectivity index (χ2n) is 6.68. The van der Waals surface area contributed by atoms with Gasteiger partial charge in [-0.3, -0.25) is 14.8 Å². The molecule has 3 aromatic heterocycles. The fraction of sp³-hybridized carbons (Fsp3) is 0.350. The molecule has 148 valence electrons. The molecule has 0 saturated heterocycles. The minimum atomic E-state index is -0.127. The fourth-order valence-electron chi connectivity index (χ4n) is 2.56. The summed E-state index contributed by atoms with van der Waals surface area (Å²) in [5, 5.41) is 3.16. The molecule has 0 atom stereocenters. The summed E-state index contributed by atoms with van der Waals surface area (Å²) in [4.78, 5) is 25.6. The number of aryl methyl sites for hydroxylation is 1. The molecule has 3 heterocycles. The lowest BCUT2D eigenvalue weighted by molar-refractivity contribution is 0.530. The van der Waals surface area contributed by atoms with E-state index in [0.717, 1.165) is 34.4 Å². The van der Waals surface area contributed by atoms with E-state index in [2.05, 4.69) is 20.3 Å². The molecular formula is C20H25N5O2S. The van der Waals surface area contributed by atoms with Gasteiger partial charge in [0.15, 0.2) is 5.88 Å². The Morgan fingerprint density at radius 2 is 2.04 bits per heavy atom. The molecule has 0 unspecified atom stereocenters.